The molecule has 1 aliphatic heterocycles. The first-order chi connectivity index (χ1) is 12.6. The van der Waals surface area contributed by atoms with Crippen LogP contribution in [0.2, 0.25) is 0 Å². The van der Waals surface area contributed by atoms with E-state index in [4.69, 9.17) is 5.11 Å². The molecule has 0 aromatic heterocycles. The molecule has 1 aliphatic rings. The van der Waals surface area contributed by atoms with Gasteiger partial charge in [-0.1, -0.05) is 6.07 Å². The molecule has 6 nitrogen and oxygen atoms in total. The van der Waals surface area contributed by atoms with Crippen molar-refractivity contribution in [3.63, 3.8) is 0 Å². The summed E-state index contributed by atoms with van der Waals surface area (Å²) in [7, 11) is -4.10. The first kappa shape index (κ1) is 19.2. The topological polar surface area (TPSA) is 77.9 Å². The minimum Gasteiger partial charge on any atom is -0.480 e. The zero-order valence-corrected chi connectivity index (χ0v) is 14.9. The molecule has 0 bridgehead atoms. The molecule has 1 heterocycles. The average Bonchev–Trinajstić information content (AvgIpc) is 2.56. The number of carboxylic acid groups (broad SMARTS) is 1. The highest BCUT2D eigenvalue weighted by Gasteiger charge is 2.36. The molecule has 3 rings (SSSR count). The highest BCUT2D eigenvalue weighted by molar-refractivity contribution is 7.89. The lowest BCUT2D eigenvalue weighted by molar-refractivity contribution is -0.135. The van der Waals surface area contributed by atoms with Gasteiger partial charge in [-0.15, -0.1) is 0 Å². The van der Waals surface area contributed by atoms with Gasteiger partial charge in [0.25, 0.3) is 0 Å². The number of fused-ring (bicyclic) bond motifs is 1. The van der Waals surface area contributed by atoms with Crippen LogP contribution in [-0.2, 0) is 21.4 Å². The maximum absolute atomic E-state index is 14.0. The smallest absolute Gasteiger partial charge is 0.323 e. The summed E-state index contributed by atoms with van der Waals surface area (Å²) in [5, 5.41) is 9.10. The van der Waals surface area contributed by atoms with Crippen molar-refractivity contribution in [2.75, 3.05) is 18.1 Å². The molecule has 0 atom stereocenters. The molecule has 0 fully saturated rings. The largest absolute Gasteiger partial charge is 0.480 e. The number of hydrogen-bond donors (Lipinski definition) is 1. The minimum atomic E-state index is -4.10. The summed E-state index contributed by atoms with van der Waals surface area (Å²) < 4.78 is 67.2. The fourth-order valence-corrected chi connectivity index (χ4v) is 4.55. The summed E-state index contributed by atoms with van der Waals surface area (Å²) in [6.07, 6.45) is 0. The monoisotopic (exact) mass is 400 g/mol. The van der Waals surface area contributed by atoms with Gasteiger partial charge in [0.2, 0.25) is 10.0 Å². The van der Waals surface area contributed by atoms with Crippen molar-refractivity contribution in [2.45, 2.75) is 18.4 Å². The summed E-state index contributed by atoms with van der Waals surface area (Å²) >= 11 is 0. The molecule has 2 aromatic carbocycles. The normalized spacial score (nSPS) is 16.2. The quantitative estimate of drug-likeness (QED) is 0.798. The highest BCUT2D eigenvalue weighted by atomic mass is 32.2. The van der Waals surface area contributed by atoms with E-state index in [-0.39, 0.29) is 22.8 Å². The van der Waals surface area contributed by atoms with Crippen LogP contribution in [0.1, 0.15) is 11.1 Å². The summed E-state index contributed by atoms with van der Waals surface area (Å²) in [6.45, 7) is 0.242. The first-order valence-corrected chi connectivity index (χ1v) is 9.24. The maximum atomic E-state index is 14.0. The number of carboxylic acids is 1. The van der Waals surface area contributed by atoms with Gasteiger partial charge in [0, 0.05) is 18.2 Å². The third kappa shape index (κ3) is 3.62. The molecular formula is C17H15F3N2O4S. The Hall–Kier alpha value is -2.59. The Morgan fingerprint density at radius 2 is 1.78 bits per heavy atom. The van der Waals surface area contributed by atoms with E-state index < -0.39 is 46.5 Å². The number of benzene rings is 2. The Bertz CT molecular complexity index is 1030. The fraction of sp³-hybridized carbons (Fsp3) is 0.235. The van der Waals surface area contributed by atoms with E-state index in [1.54, 1.807) is 13.0 Å². The molecule has 0 spiro atoms. The average molecular weight is 400 g/mol. The molecule has 0 aliphatic carbocycles. The van der Waals surface area contributed by atoms with Crippen LogP contribution in [0.15, 0.2) is 35.2 Å². The number of sulfonamides is 1. The van der Waals surface area contributed by atoms with Crippen LogP contribution >= 0.6 is 0 Å². The summed E-state index contributed by atoms with van der Waals surface area (Å²) in [6, 6.07) is 5.46. The molecule has 0 saturated heterocycles. The van der Waals surface area contributed by atoms with Gasteiger partial charge in [-0.05, 0) is 30.7 Å². The molecule has 27 heavy (non-hydrogen) atoms. The Balaban J connectivity index is 2.06. The van der Waals surface area contributed by atoms with Crippen molar-refractivity contribution in [2.24, 2.45) is 0 Å². The molecule has 1 N–H and O–H groups in total. The van der Waals surface area contributed by atoms with Gasteiger partial charge < -0.3 is 10.0 Å². The number of rotatable bonds is 4. The predicted molar refractivity (Wildman–Crippen MR) is 90.1 cm³/mol. The van der Waals surface area contributed by atoms with E-state index in [1.807, 2.05) is 0 Å². The van der Waals surface area contributed by atoms with Gasteiger partial charge in [0.05, 0.1) is 12.4 Å². The van der Waals surface area contributed by atoms with Gasteiger partial charge in [0.15, 0.2) is 11.6 Å². The van der Waals surface area contributed by atoms with Gasteiger partial charge >= 0.3 is 5.97 Å². The van der Waals surface area contributed by atoms with Crippen LogP contribution in [0, 0.1) is 24.4 Å². The zero-order valence-electron chi connectivity index (χ0n) is 14.1. The van der Waals surface area contributed by atoms with E-state index >= 15 is 0 Å². The third-order valence-electron chi connectivity index (χ3n) is 4.16. The van der Waals surface area contributed by atoms with Crippen molar-refractivity contribution in [1.29, 1.82) is 0 Å². The van der Waals surface area contributed by atoms with Gasteiger partial charge in [-0.2, -0.15) is 4.31 Å². The number of aliphatic carboxylic acids is 1. The summed E-state index contributed by atoms with van der Waals surface area (Å²) in [5.41, 5.74) is 0.488. The second kappa shape index (κ2) is 6.86. The Kier molecular flexibility index (Phi) is 4.87. The van der Waals surface area contributed by atoms with Gasteiger partial charge in [-0.3, -0.25) is 4.79 Å². The Labute approximate surface area is 153 Å². The van der Waals surface area contributed by atoms with Crippen molar-refractivity contribution in [3.8, 4) is 0 Å². The SMILES string of the molecule is Cc1ccc2c(c1)S(=O)(=O)N(Cc1cc(F)c(F)cc1F)CN2CC(=O)O. The van der Waals surface area contributed by atoms with Crippen LogP contribution < -0.4 is 4.90 Å². The lowest BCUT2D eigenvalue weighted by atomic mass is 10.2. The Morgan fingerprint density at radius 1 is 1.11 bits per heavy atom. The number of halogens is 3. The summed E-state index contributed by atoms with van der Waals surface area (Å²) in [4.78, 5) is 12.3. The molecule has 2 aromatic rings. The van der Waals surface area contributed by atoms with E-state index in [0.29, 0.717) is 17.7 Å². The third-order valence-corrected chi connectivity index (χ3v) is 5.97. The molecule has 0 saturated carbocycles. The van der Waals surface area contributed by atoms with Crippen LogP contribution in [0.25, 0.3) is 0 Å². The van der Waals surface area contributed by atoms with Crippen LogP contribution in [0.5, 0.6) is 0 Å². The number of hydrogen-bond acceptors (Lipinski definition) is 4. The zero-order chi connectivity index (χ0) is 19.9. The second-order valence-corrected chi connectivity index (χ2v) is 8.08. The van der Waals surface area contributed by atoms with Crippen molar-refractivity contribution < 1.29 is 31.5 Å². The van der Waals surface area contributed by atoms with Crippen molar-refractivity contribution in [3.05, 3.63) is 58.9 Å². The summed E-state index contributed by atoms with van der Waals surface area (Å²) in [5.74, 6) is -4.96. The fourth-order valence-electron chi connectivity index (χ4n) is 2.88. The van der Waals surface area contributed by atoms with E-state index in [0.717, 1.165) is 4.31 Å². The first-order valence-electron chi connectivity index (χ1n) is 7.80. The van der Waals surface area contributed by atoms with Crippen molar-refractivity contribution >= 4 is 21.7 Å². The lowest BCUT2D eigenvalue weighted by Crippen LogP contribution is -2.47. The van der Waals surface area contributed by atoms with Crippen LogP contribution in [0.4, 0.5) is 18.9 Å². The predicted octanol–water partition coefficient (Wildman–Crippen LogP) is 2.47. The van der Waals surface area contributed by atoms with E-state index in [2.05, 4.69) is 0 Å². The highest BCUT2D eigenvalue weighted by Crippen LogP contribution is 2.35. The number of nitrogens with zero attached hydrogens (tertiary/aromatic N) is 2. The molecule has 0 amide bonds. The maximum Gasteiger partial charge on any atom is 0.323 e. The molecular weight excluding hydrogens is 385 g/mol. The second-order valence-electron chi connectivity index (χ2n) is 6.18. The molecule has 144 valence electrons. The van der Waals surface area contributed by atoms with Crippen LogP contribution in [0.3, 0.4) is 0 Å². The van der Waals surface area contributed by atoms with E-state index in [1.165, 1.54) is 17.0 Å². The molecule has 0 radical (unpaired) electrons. The van der Waals surface area contributed by atoms with Crippen molar-refractivity contribution in [1.82, 2.24) is 4.31 Å². The van der Waals surface area contributed by atoms with E-state index in [9.17, 15) is 26.4 Å². The molecule has 10 heteroatoms. The lowest BCUT2D eigenvalue weighted by Gasteiger charge is -2.37. The number of aryl methyl sites for hydroxylation is 1. The van der Waals surface area contributed by atoms with Gasteiger partial charge in [-0.25, -0.2) is 21.6 Å². The van der Waals surface area contributed by atoms with Crippen LogP contribution in [-0.4, -0.2) is 37.0 Å². The molecule has 0 unspecified atom stereocenters. The number of anilines is 1. The standard InChI is InChI=1S/C17H15F3N2O4S/c1-10-2-3-15-16(4-10)27(25,26)22(9-21(15)8-17(23)24)7-11-5-13(19)14(20)6-12(11)18/h2-6H,7-9H2,1H3,(H,23,24). The van der Waals surface area contributed by atoms with Gasteiger partial charge in [0.1, 0.15) is 17.3 Å². The Morgan fingerprint density at radius 3 is 2.44 bits per heavy atom. The number of carbonyl (C=O) groups is 1. The minimum absolute atomic E-state index is 0.127.